The zero-order valence-electron chi connectivity index (χ0n) is 8.31. The molecule has 0 unspecified atom stereocenters. The molecule has 1 heterocycles. The minimum atomic E-state index is 0.494. The molecule has 1 aliphatic rings. The molecule has 1 fully saturated rings. The smallest absolute Gasteiger partial charge is 0.0700 e. The fourth-order valence-electron chi connectivity index (χ4n) is 1.44. The van der Waals surface area contributed by atoms with Crippen molar-refractivity contribution >= 4 is 0 Å². The van der Waals surface area contributed by atoms with Gasteiger partial charge in [0.25, 0.3) is 0 Å². The monoisotopic (exact) mass is 171 g/mol. The summed E-state index contributed by atoms with van der Waals surface area (Å²) in [5, 5.41) is 3.45. The van der Waals surface area contributed by atoms with Gasteiger partial charge in [-0.1, -0.05) is 20.3 Å². The normalized spacial score (nSPS) is 26.0. The molecule has 0 aromatic carbocycles. The molecule has 1 rings (SSSR count). The van der Waals surface area contributed by atoms with Crippen molar-refractivity contribution in [3.05, 3.63) is 0 Å². The molecule has 0 radical (unpaired) electrons. The molecule has 2 atom stereocenters. The van der Waals surface area contributed by atoms with Gasteiger partial charge in [0.2, 0.25) is 0 Å². The van der Waals surface area contributed by atoms with E-state index in [0.717, 1.165) is 25.6 Å². The van der Waals surface area contributed by atoms with E-state index in [9.17, 15) is 0 Å². The fraction of sp³-hybridized carbons (Fsp3) is 1.00. The van der Waals surface area contributed by atoms with Gasteiger partial charge in [0.15, 0.2) is 0 Å². The number of hydrogen-bond acceptors (Lipinski definition) is 2. The van der Waals surface area contributed by atoms with Crippen LogP contribution in [-0.4, -0.2) is 25.8 Å². The van der Waals surface area contributed by atoms with Crippen LogP contribution in [0.4, 0.5) is 0 Å². The first-order valence-electron chi connectivity index (χ1n) is 5.15. The van der Waals surface area contributed by atoms with Gasteiger partial charge in [-0.2, -0.15) is 0 Å². The average molecular weight is 171 g/mol. The van der Waals surface area contributed by atoms with Crippen molar-refractivity contribution in [3.63, 3.8) is 0 Å². The lowest BCUT2D eigenvalue weighted by Gasteiger charge is -2.13. The SMILES string of the molecule is CC[C@@H](C)CNC[C@H]1CCCO1. The van der Waals surface area contributed by atoms with Crippen LogP contribution in [-0.2, 0) is 4.74 Å². The molecular weight excluding hydrogens is 150 g/mol. The third-order valence-electron chi connectivity index (χ3n) is 2.59. The van der Waals surface area contributed by atoms with Crippen LogP contribution >= 0.6 is 0 Å². The molecular formula is C10H21NO. The minimum absolute atomic E-state index is 0.494. The molecule has 1 aliphatic heterocycles. The summed E-state index contributed by atoms with van der Waals surface area (Å²) in [5.74, 6) is 0.798. The lowest BCUT2D eigenvalue weighted by Crippen LogP contribution is -2.29. The van der Waals surface area contributed by atoms with Crippen LogP contribution in [0, 0.1) is 5.92 Å². The van der Waals surface area contributed by atoms with Crippen LogP contribution in [0.15, 0.2) is 0 Å². The van der Waals surface area contributed by atoms with E-state index >= 15 is 0 Å². The van der Waals surface area contributed by atoms with Crippen LogP contribution in [0.1, 0.15) is 33.1 Å². The van der Waals surface area contributed by atoms with Gasteiger partial charge in [0.05, 0.1) is 6.10 Å². The summed E-state index contributed by atoms with van der Waals surface area (Å²) in [7, 11) is 0. The van der Waals surface area contributed by atoms with E-state index in [1.54, 1.807) is 0 Å². The summed E-state index contributed by atoms with van der Waals surface area (Å²) in [5.41, 5.74) is 0. The van der Waals surface area contributed by atoms with Crippen LogP contribution < -0.4 is 5.32 Å². The van der Waals surface area contributed by atoms with E-state index in [1.165, 1.54) is 19.3 Å². The fourth-order valence-corrected chi connectivity index (χ4v) is 1.44. The zero-order chi connectivity index (χ0) is 8.81. The topological polar surface area (TPSA) is 21.3 Å². The first kappa shape index (κ1) is 10.0. The predicted molar refractivity (Wildman–Crippen MR) is 51.3 cm³/mol. The molecule has 72 valence electrons. The highest BCUT2D eigenvalue weighted by Gasteiger charge is 2.14. The molecule has 12 heavy (non-hydrogen) atoms. The molecule has 0 aliphatic carbocycles. The van der Waals surface area contributed by atoms with Crippen molar-refractivity contribution in [3.8, 4) is 0 Å². The Balaban J connectivity index is 1.94. The highest BCUT2D eigenvalue weighted by molar-refractivity contribution is 4.68. The Bertz CT molecular complexity index is 110. The van der Waals surface area contributed by atoms with Gasteiger partial charge < -0.3 is 10.1 Å². The van der Waals surface area contributed by atoms with E-state index in [1.807, 2.05) is 0 Å². The summed E-state index contributed by atoms with van der Waals surface area (Å²) in [6.07, 6.45) is 4.25. The molecule has 2 heteroatoms. The highest BCUT2D eigenvalue weighted by Crippen LogP contribution is 2.10. The quantitative estimate of drug-likeness (QED) is 0.681. The molecule has 2 nitrogen and oxygen atoms in total. The minimum Gasteiger partial charge on any atom is -0.377 e. The summed E-state index contributed by atoms with van der Waals surface area (Å²) in [6.45, 7) is 7.66. The molecule has 0 bridgehead atoms. The summed E-state index contributed by atoms with van der Waals surface area (Å²) in [4.78, 5) is 0. The Morgan fingerprint density at radius 1 is 1.58 bits per heavy atom. The third kappa shape index (κ3) is 3.55. The number of hydrogen-bond donors (Lipinski definition) is 1. The summed E-state index contributed by atoms with van der Waals surface area (Å²) < 4.78 is 5.51. The van der Waals surface area contributed by atoms with Crippen molar-refractivity contribution in [2.24, 2.45) is 5.92 Å². The lowest BCUT2D eigenvalue weighted by atomic mass is 10.1. The van der Waals surface area contributed by atoms with Gasteiger partial charge in [-0.25, -0.2) is 0 Å². The molecule has 1 saturated heterocycles. The lowest BCUT2D eigenvalue weighted by molar-refractivity contribution is 0.109. The second-order valence-corrected chi connectivity index (χ2v) is 3.81. The zero-order valence-corrected chi connectivity index (χ0v) is 8.31. The maximum Gasteiger partial charge on any atom is 0.0700 e. The van der Waals surface area contributed by atoms with Gasteiger partial charge in [-0.05, 0) is 25.3 Å². The van der Waals surface area contributed by atoms with Crippen LogP contribution in [0.25, 0.3) is 0 Å². The largest absolute Gasteiger partial charge is 0.377 e. The maximum absolute atomic E-state index is 5.51. The Morgan fingerprint density at radius 3 is 3.00 bits per heavy atom. The van der Waals surface area contributed by atoms with Crippen molar-refractivity contribution in [1.82, 2.24) is 5.32 Å². The highest BCUT2D eigenvalue weighted by atomic mass is 16.5. The molecule has 0 aromatic heterocycles. The molecule has 1 N–H and O–H groups in total. The van der Waals surface area contributed by atoms with E-state index < -0.39 is 0 Å². The Kier molecular flexibility index (Phi) is 4.62. The van der Waals surface area contributed by atoms with Crippen LogP contribution in [0.5, 0.6) is 0 Å². The van der Waals surface area contributed by atoms with Gasteiger partial charge in [-0.3, -0.25) is 0 Å². The van der Waals surface area contributed by atoms with Crippen LogP contribution in [0.2, 0.25) is 0 Å². The second kappa shape index (κ2) is 5.55. The van der Waals surface area contributed by atoms with E-state index in [4.69, 9.17) is 4.74 Å². The van der Waals surface area contributed by atoms with Crippen molar-refractivity contribution in [2.75, 3.05) is 19.7 Å². The number of nitrogens with one attached hydrogen (secondary N) is 1. The van der Waals surface area contributed by atoms with Gasteiger partial charge in [-0.15, -0.1) is 0 Å². The first-order chi connectivity index (χ1) is 5.83. The summed E-state index contributed by atoms with van der Waals surface area (Å²) in [6, 6.07) is 0. The molecule has 0 saturated carbocycles. The first-order valence-corrected chi connectivity index (χ1v) is 5.15. The standard InChI is InChI=1S/C10H21NO/c1-3-9(2)7-11-8-10-5-4-6-12-10/h9-11H,3-8H2,1-2H3/t9-,10-/m1/s1. The van der Waals surface area contributed by atoms with Crippen LogP contribution in [0.3, 0.4) is 0 Å². The van der Waals surface area contributed by atoms with Crippen molar-refractivity contribution < 1.29 is 4.74 Å². The van der Waals surface area contributed by atoms with Crippen molar-refractivity contribution in [1.29, 1.82) is 0 Å². The van der Waals surface area contributed by atoms with E-state index in [2.05, 4.69) is 19.2 Å². The second-order valence-electron chi connectivity index (χ2n) is 3.81. The molecule has 0 amide bonds. The van der Waals surface area contributed by atoms with E-state index in [0.29, 0.717) is 6.10 Å². The predicted octanol–water partition coefficient (Wildman–Crippen LogP) is 1.80. The average Bonchev–Trinajstić information content (AvgIpc) is 2.57. The van der Waals surface area contributed by atoms with Gasteiger partial charge in [0.1, 0.15) is 0 Å². The van der Waals surface area contributed by atoms with Gasteiger partial charge >= 0.3 is 0 Å². The number of rotatable bonds is 5. The Labute approximate surface area is 75.7 Å². The summed E-state index contributed by atoms with van der Waals surface area (Å²) >= 11 is 0. The van der Waals surface area contributed by atoms with Crippen molar-refractivity contribution in [2.45, 2.75) is 39.2 Å². The Morgan fingerprint density at radius 2 is 2.42 bits per heavy atom. The van der Waals surface area contributed by atoms with E-state index in [-0.39, 0.29) is 0 Å². The Hall–Kier alpha value is -0.0800. The maximum atomic E-state index is 5.51. The van der Waals surface area contributed by atoms with Gasteiger partial charge in [0, 0.05) is 13.2 Å². The molecule has 0 spiro atoms. The number of ether oxygens (including phenoxy) is 1. The molecule has 0 aromatic rings. The third-order valence-corrected chi connectivity index (χ3v) is 2.59.